The van der Waals surface area contributed by atoms with E-state index in [-0.39, 0.29) is 17.0 Å². The van der Waals surface area contributed by atoms with E-state index in [1.165, 1.54) is 37.7 Å². The minimum absolute atomic E-state index is 0.0610. The Morgan fingerprint density at radius 3 is 2.69 bits per heavy atom. The number of ketones is 1. The predicted octanol–water partition coefficient (Wildman–Crippen LogP) is 4.45. The summed E-state index contributed by atoms with van der Waals surface area (Å²) in [5, 5.41) is 0. The number of carbonyl (C=O) groups excluding carboxylic acids is 2. The van der Waals surface area contributed by atoms with Crippen molar-refractivity contribution >= 4 is 11.8 Å². The van der Waals surface area contributed by atoms with Crippen LogP contribution in [0, 0.1) is 40.9 Å². The maximum Gasteiger partial charge on any atom is 0.306 e. The number of hydrogen-bond donors (Lipinski definition) is 0. The van der Waals surface area contributed by atoms with Gasteiger partial charge in [0.1, 0.15) is 5.60 Å². The molecule has 0 N–H and O–H groups in total. The third-order valence-electron chi connectivity index (χ3n) is 9.75. The Labute approximate surface area is 155 Å². The summed E-state index contributed by atoms with van der Waals surface area (Å²) >= 11 is 0. The molecule has 4 saturated carbocycles. The molecule has 5 aliphatic carbocycles. The molecule has 0 bridgehead atoms. The van der Waals surface area contributed by atoms with Gasteiger partial charge in [0.2, 0.25) is 0 Å². The highest BCUT2D eigenvalue weighted by molar-refractivity contribution is 5.91. The first-order valence-electron chi connectivity index (χ1n) is 11.0. The average molecular weight is 354 g/mol. The van der Waals surface area contributed by atoms with Crippen LogP contribution in [-0.4, -0.2) is 17.4 Å². The van der Waals surface area contributed by atoms with E-state index in [2.05, 4.69) is 6.92 Å². The molecule has 1 spiro atoms. The normalized spacial score (nSPS) is 54.1. The fourth-order valence-electron chi connectivity index (χ4n) is 8.98. The van der Waals surface area contributed by atoms with Crippen molar-refractivity contribution in [1.29, 1.82) is 0 Å². The van der Waals surface area contributed by atoms with Crippen LogP contribution >= 0.6 is 0 Å². The van der Waals surface area contributed by atoms with Crippen molar-refractivity contribution in [3.05, 3.63) is 11.6 Å². The number of rotatable bonds is 1. The molecule has 0 radical (unpaired) electrons. The van der Waals surface area contributed by atoms with Gasteiger partial charge in [-0.05, 0) is 87.0 Å². The second-order valence-corrected chi connectivity index (χ2v) is 10.1. The first-order chi connectivity index (χ1) is 12.6. The van der Waals surface area contributed by atoms with E-state index in [0.29, 0.717) is 24.0 Å². The van der Waals surface area contributed by atoms with Gasteiger partial charge in [-0.15, -0.1) is 0 Å². The molecule has 5 fully saturated rings. The van der Waals surface area contributed by atoms with Crippen molar-refractivity contribution in [2.24, 2.45) is 40.9 Å². The first-order valence-corrected chi connectivity index (χ1v) is 11.0. The minimum atomic E-state index is -0.113. The Hall–Kier alpha value is -1.12. The molecule has 0 amide bonds. The molecular formula is C23H30O3. The van der Waals surface area contributed by atoms with E-state index in [4.69, 9.17) is 4.74 Å². The van der Waals surface area contributed by atoms with E-state index in [9.17, 15) is 9.59 Å². The third-order valence-corrected chi connectivity index (χ3v) is 9.75. The second-order valence-electron chi connectivity index (χ2n) is 10.1. The summed E-state index contributed by atoms with van der Waals surface area (Å²) < 4.78 is 6.23. The molecular weight excluding hydrogens is 324 g/mol. The molecule has 1 heterocycles. The molecule has 6 rings (SSSR count). The number of esters is 1. The van der Waals surface area contributed by atoms with Gasteiger partial charge in [0.05, 0.1) is 0 Å². The zero-order valence-electron chi connectivity index (χ0n) is 15.8. The fourth-order valence-corrected chi connectivity index (χ4v) is 8.98. The van der Waals surface area contributed by atoms with Gasteiger partial charge < -0.3 is 4.74 Å². The smallest absolute Gasteiger partial charge is 0.306 e. The van der Waals surface area contributed by atoms with Crippen LogP contribution in [0.25, 0.3) is 0 Å². The maximum atomic E-state index is 12.1. The van der Waals surface area contributed by atoms with Crippen LogP contribution in [0.15, 0.2) is 11.6 Å². The minimum Gasteiger partial charge on any atom is -0.458 e. The van der Waals surface area contributed by atoms with E-state index in [1.807, 2.05) is 6.08 Å². The Bertz CT molecular complexity index is 723. The highest BCUT2D eigenvalue weighted by Crippen LogP contribution is 2.79. The van der Waals surface area contributed by atoms with Gasteiger partial charge in [0.15, 0.2) is 5.78 Å². The Morgan fingerprint density at radius 2 is 1.92 bits per heavy atom. The van der Waals surface area contributed by atoms with Crippen LogP contribution in [0.5, 0.6) is 0 Å². The molecule has 5 unspecified atom stereocenters. The summed E-state index contributed by atoms with van der Waals surface area (Å²) in [6, 6.07) is 0. The maximum absolute atomic E-state index is 12.1. The molecule has 0 aromatic rings. The summed E-state index contributed by atoms with van der Waals surface area (Å²) in [5.41, 5.74) is 1.61. The van der Waals surface area contributed by atoms with Gasteiger partial charge in [-0.2, -0.15) is 0 Å². The van der Waals surface area contributed by atoms with Gasteiger partial charge in [0, 0.05) is 24.2 Å². The number of ether oxygens (including phenoxy) is 1. The van der Waals surface area contributed by atoms with Crippen molar-refractivity contribution < 1.29 is 14.3 Å². The summed E-state index contributed by atoms with van der Waals surface area (Å²) in [5.74, 6) is 4.89. The second kappa shape index (κ2) is 5.02. The molecule has 1 aliphatic heterocycles. The number of fused-ring (bicyclic) bond motifs is 9. The van der Waals surface area contributed by atoms with E-state index < -0.39 is 0 Å². The number of allylic oxidation sites excluding steroid dienone is 1. The highest BCUT2D eigenvalue weighted by Gasteiger charge is 2.79. The monoisotopic (exact) mass is 354 g/mol. The van der Waals surface area contributed by atoms with E-state index >= 15 is 0 Å². The van der Waals surface area contributed by atoms with Gasteiger partial charge in [-0.1, -0.05) is 12.5 Å². The Balaban J connectivity index is 1.39. The van der Waals surface area contributed by atoms with E-state index in [0.717, 1.165) is 49.4 Å². The van der Waals surface area contributed by atoms with Gasteiger partial charge >= 0.3 is 5.97 Å². The molecule has 1 saturated heterocycles. The van der Waals surface area contributed by atoms with Gasteiger partial charge in [-0.3, -0.25) is 9.59 Å². The summed E-state index contributed by atoms with van der Waals surface area (Å²) in [6.07, 6.45) is 12.9. The molecule has 3 nitrogen and oxygen atoms in total. The standard InChI is InChI=1S/C23H30O3/c1-2-22-9-7-16-15-6-4-14(24)11-13(15)3-5-17(16)21(22)18-12-19(18)23(22)10-8-20(25)26-23/h11,15-19,21H,2-10,12H2,1H3/t15-,16?,17?,18?,19?,21?,22-,23-/m0/s1. The number of carbonyl (C=O) groups is 2. The summed E-state index contributed by atoms with van der Waals surface area (Å²) in [7, 11) is 0. The van der Waals surface area contributed by atoms with Crippen LogP contribution in [0.1, 0.15) is 71.1 Å². The SMILES string of the molecule is CC[C@]12CCC3C(CCC4=CC(=O)CC[C@@H]43)C1C1CC1[C@@]21CCC(=O)O1. The van der Waals surface area contributed by atoms with Crippen LogP contribution in [-0.2, 0) is 14.3 Å². The van der Waals surface area contributed by atoms with E-state index in [1.54, 1.807) is 0 Å². The molecule has 140 valence electrons. The Kier molecular flexibility index (Phi) is 3.07. The van der Waals surface area contributed by atoms with Gasteiger partial charge in [-0.25, -0.2) is 0 Å². The topological polar surface area (TPSA) is 43.4 Å². The lowest BCUT2D eigenvalue weighted by Gasteiger charge is -2.58. The summed E-state index contributed by atoms with van der Waals surface area (Å²) in [6.45, 7) is 2.36. The van der Waals surface area contributed by atoms with Crippen molar-refractivity contribution in [2.45, 2.75) is 76.7 Å². The lowest BCUT2D eigenvalue weighted by atomic mass is 9.47. The average Bonchev–Trinajstić information content (AvgIpc) is 3.29. The zero-order valence-corrected chi connectivity index (χ0v) is 15.8. The van der Waals surface area contributed by atoms with Gasteiger partial charge in [0.25, 0.3) is 0 Å². The molecule has 6 aliphatic rings. The fraction of sp³-hybridized carbons (Fsp3) is 0.826. The lowest BCUT2D eigenvalue weighted by molar-refractivity contribution is -0.179. The summed E-state index contributed by atoms with van der Waals surface area (Å²) in [4.78, 5) is 24.0. The molecule has 26 heavy (non-hydrogen) atoms. The third kappa shape index (κ3) is 1.72. The van der Waals surface area contributed by atoms with Crippen LogP contribution in [0.3, 0.4) is 0 Å². The lowest BCUT2D eigenvalue weighted by Crippen LogP contribution is -2.56. The predicted molar refractivity (Wildman–Crippen MR) is 97.1 cm³/mol. The van der Waals surface area contributed by atoms with Crippen LogP contribution in [0.2, 0.25) is 0 Å². The van der Waals surface area contributed by atoms with Crippen LogP contribution in [0.4, 0.5) is 0 Å². The molecule has 0 aromatic carbocycles. The number of hydrogen-bond acceptors (Lipinski definition) is 3. The highest BCUT2D eigenvalue weighted by atomic mass is 16.6. The van der Waals surface area contributed by atoms with Crippen molar-refractivity contribution in [3.63, 3.8) is 0 Å². The van der Waals surface area contributed by atoms with Crippen molar-refractivity contribution in [2.75, 3.05) is 0 Å². The van der Waals surface area contributed by atoms with Crippen LogP contribution < -0.4 is 0 Å². The Morgan fingerprint density at radius 1 is 1.04 bits per heavy atom. The largest absolute Gasteiger partial charge is 0.458 e. The molecule has 3 heteroatoms. The first kappa shape index (κ1) is 15.9. The van der Waals surface area contributed by atoms with Crippen molar-refractivity contribution in [1.82, 2.24) is 0 Å². The molecule has 0 aromatic heterocycles. The molecule has 8 atom stereocenters. The van der Waals surface area contributed by atoms with Crippen molar-refractivity contribution in [3.8, 4) is 0 Å². The zero-order chi connectivity index (χ0) is 17.7. The quantitative estimate of drug-likeness (QED) is 0.654.